The quantitative estimate of drug-likeness (QED) is 0.639. The predicted molar refractivity (Wildman–Crippen MR) is 114 cm³/mol. The number of amides is 1. The molecule has 0 aliphatic carbocycles. The third-order valence-electron chi connectivity index (χ3n) is 4.69. The summed E-state index contributed by atoms with van der Waals surface area (Å²) in [5.74, 6) is 0.261. The molecule has 2 aliphatic heterocycles. The van der Waals surface area contributed by atoms with E-state index in [1.165, 1.54) is 6.07 Å². The van der Waals surface area contributed by atoms with E-state index in [-0.39, 0.29) is 10.8 Å². The molecule has 1 amide bonds. The minimum atomic E-state index is -3.80. The number of anilines is 2. The fourth-order valence-electron chi connectivity index (χ4n) is 3.39. The molecule has 2 aliphatic rings. The molecule has 1 N–H and O–H groups in total. The minimum absolute atomic E-state index is 0.100. The van der Waals surface area contributed by atoms with Gasteiger partial charge in [-0.3, -0.25) is 4.79 Å². The maximum Gasteiger partial charge on any atom is 0.286 e. The number of benzene rings is 2. The van der Waals surface area contributed by atoms with E-state index in [9.17, 15) is 13.2 Å². The van der Waals surface area contributed by atoms with E-state index >= 15 is 0 Å². The van der Waals surface area contributed by atoms with E-state index in [0.717, 1.165) is 29.4 Å². The molecule has 0 atom stereocenters. The highest BCUT2D eigenvalue weighted by Crippen LogP contribution is 2.35. The van der Waals surface area contributed by atoms with Crippen LogP contribution in [0.5, 0.6) is 0 Å². The molecule has 0 spiro atoms. The lowest BCUT2D eigenvalue weighted by Gasteiger charge is -2.29. The van der Waals surface area contributed by atoms with Gasteiger partial charge in [0.25, 0.3) is 15.9 Å². The zero-order valence-corrected chi connectivity index (χ0v) is 17.5. The van der Waals surface area contributed by atoms with Crippen LogP contribution < -0.4 is 10.2 Å². The molecule has 0 unspecified atom stereocenters. The van der Waals surface area contributed by atoms with Crippen LogP contribution >= 0.6 is 22.6 Å². The van der Waals surface area contributed by atoms with Gasteiger partial charge in [0.2, 0.25) is 0 Å². The maximum absolute atomic E-state index is 12.7. The van der Waals surface area contributed by atoms with Gasteiger partial charge in [-0.2, -0.15) is 8.42 Å². The van der Waals surface area contributed by atoms with E-state index in [1.807, 2.05) is 23.1 Å². The molecule has 2 aromatic carbocycles. The van der Waals surface area contributed by atoms with Crippen LogP contribution in [0.4, 0.5) is 11.4 Å². The van der Waals surface area contributed by atoms with E-state index in [1.54, 1.807) is 18.2 Å². The van der Waals surface area contributed by atoms with Gasteiger partial charge >= 0.3 is 0 Å². The van der Waals surface area contributed by atoms with Crippen LogP contribution in [-0.4, -0.2) is 26.7 Å². The number of hydrogen-bond donors (Lipinski definition) is 1. The van der Waals surface area contributed by atoms with Crippen molar-refractivity contribution in [1.82, 2.24) is 0 Å². The number of carbonyl (C=O) groups is 1. The van der Waals surface area contributed by atoms with Crippen LogP contribution in [-0.2, 0) is 10.0 Å². The zero-order valence-electron chi connectivity index (χ0n) is 14.5. The van der Waals surface area contributed by atoms with Gasteiger partial charge in [0.15, 0.2) is 0 Å². The summed E-state index contributed by atoms with van der Waals surface area (Å²) in [5.41, 5.74) is 1.58. The second-order valence-corrected chi connectivity index (χ2v) is 9.41. The number of rotatable bonds is 2. The molecule has 0 aromatic heterocycles. The number of halogens is 1. The number of fused-ring (bicyclic) bond motifs is 3. The van der Waals surface area contributed by atoms with Crippen LogP contribution in [0.3, 0.4) is 0 Å². The van der Waals surface area contributed by atoms with Gasteiger partial charge in [-0.25, -0.2) is 0 Å². The fraction of sp³-hybridized carbons (Fsp3) is 0.263. The average molecular weight is 495 g/mol. The number of hydrogen-bond acceptors (Lipinski definition) is 4. The largest absolute Gasteiger partial charge is 0.328 e. The summed E-state index contributed by atoms with van der Waals surface area (Å²) >= 11 is 2.17. The van der Waals surface area contributed by atoms with E-state index < -0.39 is 10.0 Å². The lowest BCUT2D eigenvalue weighted by Crippen LogP contribution is -2.35. The van der Waals surface area contributed by atoms with Crippen molar-refractivity contribution in [2.45, 2.75) is 30.6 Å². The molecule has 0 saturated carbocycles. The first-order valence-corrected chi connectivity index (χ1v) is 11.3. The summed E-state index contributed by atoms with van der Waals surface area (Å²) in [5, 5.41) is 2.81. The first kappa shape index (κ1) is 18.4. The average Bonchev–Trinajstić information content (AvgIpc) is 2.86. The van der Waals surface area contributed by atoms with Gasteiger partial charge in [0.05, 0.1) is 5.69 Å². The second kappa shape index (κ2) is 7.23. The Balaban J connectivity index is 1.69. The van der Waals surface area contributed by atoms with Gasteiger partial charge in [-0.1, -0.05) is 12.5 Å². The summed E-state index contributed by atoms with van der Waals surface area (Å²) in [6.07, 6.45) is 3.65. The fourth-order valence-corrected chi connectivity index (χ4v) is 5.22. The van der Waals surface area contributed by atoms with Gasteiger partial charge < -0.3 is 10.2 Å². The summed E-state index contributed by atoms with van der Waals surface area (Å²) in [6, 6.07) is 12.2. The molecular weight excluding hydrogens is 477 g/mol. The molecule has 1 saturated heterocycles. The summed E-state index contributed by atoms with van der Waals surface area (Å²) < 4.78 is 30.4. The first-order valence-electron chi connectivity index (χ1n) is 8.76. The van der Waals surface area contributed by atoms with Crippen LogP contribution in [0.1, 0.15) is 36.0 Å². The zero-order chi connectivity index (χ0) is 19.0. The van der Waals surface area contributed by atoms with Gasteiger partial charge in [0.1, 0.15) is 10.7 Å². The van der Waals surface area contributed by atoms with Gasteiger partial charge in [-0.05, 0) is 71.8 Å². The van der Waals surface area contributed by atoms with Crippen molar-refractivity contribution in [3.05, 3.63) is 51.6 Å². The summed E-state index contributed by atoms with van der Waals surface area (Å²) in [6.45, 7) is 0.745. The van der Waals surface area contributed by atoms with Crippen molar-refractivity contribution in [2.75, 3.05) is 16.8 Å². The number of nitrogens with one attached hydrogen (secondary N) is 1. The smallest absolute Gasteiger partial charge is 0.286 e. The Morgan fingerprint density at radius 2 is 1.96 bits per heavy atom. The number of amidine groups is 1. The maximum atomic E-state index is 12.7. The Morgan fingerprint density at radius 1 is 1.11 bits per heavy atom. The van der Waals surface area contributed by atoms with Crippen molar-refractivity contribution in [3.63, 3.8) is 0 Å². The second-order valence-electron chi connectivity index (χ2n) is 6.59. The highest BCUT2D eigenvalue weighted by molar-refractivity contribution is 14.1. The van der Waals surface area contributed by atoms with Crippen molar-refractivity contribution >= 4 is 55.7 Å². The monoisotopic (exact) mass is 495 g/mol. The Kier molecular flexibility index (Phi) is 4.94. The van der Waals surface area contributed by atoms with Crippen molar-refractivity contribution in [3.8, 4) is 0 Å². The Labute approximate surface area is 171 Å². The number of sulfonamides is 1. The Hall–Kier alpha value is -1.94. The van der Waals surface area contributed by atoms with Crippen molar-refractivity contribution < 1.29 is 13.2 Å². The first-order chi connectivity index (χ1) is 12.9. The molecule has 6 nitrogen and oxygen atoms in total. The van der Waals surface area contributed by atoms with Crippen LogP contribution in [0.2, 0.25) is 0 Å². The molecule has 1 fully saturated rings. The third-order valence-corrected chi connectivity index (χ3v) is 6.70. The summed E-state index contributed by atoms with van der Waals surface area (Å²) in [7, 11) is -3.80. The van der Waals surface area contributed by atoms with Crippen LogP contribution in [0, 0.1) is 3.57 Å². The van der Waals surface area contributed by atoms with E-state index in [0.29, 0.717) is 29.2 Å². The van der Waals surface area contributed by atoms with Crippen LogP contribution in [0.15, 0.2) is 51.8 Å². The molecule has 0 radical (unpaired) electrons. The lowest BCUT2D eigenvalue weighted by molar-refractivity contribution is 0.102. The standard InChI is InChI=1S/C19H18IN3O3S/c20-14-5-4-6-15(12-14)21-19(24)13-8-9-16-17(11-13)27(25,26)22-18-7-2-1-3-10-23(16)18/h4-6,8-9,11-12H,1-3,7,10H2,(H,21,24). The van der Waals surface area contributed by atoms with E-state index in [2.05, 4.69) is 32.3 Å². The topological polar surface area (TPSA) is 78.8 Å². The normalized spacial score (nSPS) is 18.0. The van der Waals surface area contributed by atoms with Crippen molar-refractivity contribution in [1.29, 1.82) is 0 Å². The molecular formula is C19H18IN3O3S. The summed E-state index contributed by atoms with van der Waals surface area (Å²) in [4.78, 5) is 14.7. The molecule has 2 heterocycles. The molecule has 140 valence electrons. The molecule has 2 aromatic rings. The highest BCUT2D eigenvalue weighted by atomic mass is 127. The molecule has 27 heavy (non-hydrogen) atoms. The predicted octanol–water partition coefficient (Wildman–Crippen LogP) is 4.02. The molecule has 4 rings (SSSR count). The lowest BCUT2D eigenvalue weighted by atomic mass is 10.1. The Morgan fingerprint density at radius 3 is 2.78 bits per heavy atom. The van der Waals surface area contributed by atoms with Crippen LogP contribution in [0.25, 0.3) is 0 Å². The van der Waals surface area contributed by atoms with Crippen molar-refractivity contribution in [2.24, 2.45) is 4.40 Å². The van der Waals surface area contributed by atoms with Gasteiger partial charge in [0, 0.05) is 27.8 Å². The number of nitrogens with zero attached hydrogens (tertiary/aromatic N) is 2. The van der Waals surface area contributed by atoms with E-state index in [4.69, 9.17) is 0 Å². The molecule has 0 bridgehead atoms. The Bertz CT molecular complexity index is 1050. The highest BCUT2D eigenvalue weighted by Gasteiger charge is 2.32. The SMILES string of the molecule is O=C(Nc1cccc(I)c1)c1ccc2c(c1)S(=O)(=O)N=C1CCCCCN12. The molecule has 8 heteroatoms. The van der Waals surface area contributed by atoms with Gasteiger partial charge in [-0.15, -0.1) is 4.40 Å². The minimum Gasteiger partial charge on any atom is -0.328 e. The number of carbonyl (C=O) groups excluding carboxylic acids is 1. The third kappa shape index (κ3) is 3.73.